The van der Waals surface area contributed by atoms with Crippen LogP contribution in [0, 0.1) is 0 Å². The summed E-state index contributed by atoms with van der Waals surface area (Å²) in [6.07, 6.45) is 1.42. The summed E-state index contributed by atoms with van der Waals surface area (Å²) < 4.78 is 31.5. The van der Waals surface area contributed by atoms with Crippen molar-refractivity contribution in [2.45, 2.75) is 11.4 Å². The molecular weight excluding hydrogens is 296 g/mol. The number of aromatic nitrogens is 2. The SMILES string of the molecule is COC(=O)c1ccccc1S(=O)(=O)NCc1cn[nH]c1N. The molecule has 8 nitrogen and oxygen atoms in total. The maximum Gasteiger partial charge on any atom is 0.339 e. The minimum atomic E-state index is -3.89. The van der Waals surface area contributed by atoms with E-state index in [4.69, 9.17) is 5.73 Å². The molecule has 1 aromatic heterocycles. The lowest BCUT2D eigenvalue weighted by Crippen LogP contribution is -2.25. The zero-order valence-corrected chi connectivity index (χ0v) is 12.0. The highest BCUT2D eigenvalue weighted by molar-refractivity contribution is 7.89. The molecule has 0 fully saturated rings. The Kier molecular flexibility index (Phi) is 4.24. The third kappa shape index (κ3) is 3.20. The molecule has 0 aliphatic rings. The maximum absolute atomic E-state index is 12.3. The molecule has 0 spiro atoms. The number of rotatable bonds is 5. The van der Waals surface area contributed by atoms with Crippen LogP contribution in [-0.4, -0.2) is 31.7 Å². The first kappa shape index (κ1) is 15.0. The van der Waals surface area contributed by atoms with Crippen LogP contribution in [0.1, 0.15) is 15.9 Å². The number of nitrogens with one attached hydrogen (secondary N) is 2. The summed E-state index contributed by atoms with van der Waals surface area (Å²) in [4.78, 5) is 11.5. The number of hydrogen-bond donors (Lipinski definition) is 3. The van der Waals surface area contributed by atoms with Gasteiger partial charge in [-0.2, -0.15) is 5.10 Å². The number of carbonyl (C=O) groups is 1. The molecule has 0 amide bonds. The van der Waals surface area contributed by atoms with E-state index in [9.17, 15) is 13.2 Å². The number of esters is 1. The van der Waals surface area contributed by atoms with E-state index in [1.165, 1.54) is 31.5 Å². The molecule has 0 saturated carbocycles. The average molecular weight is 310 g/mol. The van der Waals surface area contributed by atoms with Crippen LogP contribution in [0.4, 0.5) is 5.82 Å². The number of carbonyl (C=O) groups excluding carboxylic acids is 1. The van der Waals surface area contributed by atoms with Gasteiger partial charge in [-0.3, -0.25) is 5.10 Å². The van der Waals surface area contributed by atoms with Gasteiger partial charge in [0, 0.05) is 12.1 Å². The van der Waals surface area contributed by atoms with E-state index in [0.29, 0.717) is 5.56 Å². The summed E-state index contributed by atoms with van der Waals surface area (Å²) in [5, 5.41) is 6.20. The van der Waals surface area contributed by atoms with Crippen LogP contribution in [0.5, 0.6) is 0 Å². The fourth-order valence-electron chi connectivity index (χ4n) is 1.69. The van der Waals surface area contributed by atoms with Crippen LogP contribution in [0.2, 0.25) is 0 Å². The Morgan fingerprint density at radius 2 is 2.14 bits per heavy atom. The molecule has 2 aromatic rings. The first-order valence-electron chi connectivity index (χ1n) is 5.90. The number of hydrogen-bond acceptors (Lipinski definition) is 6. The predicted octanol–water partition coefficient (Wildman–Crippen LogP) is 0.257. The summed E-state index contributed by atoms with van der Waals surface area (Å²) in [5.41, 5.74) is 6.06. The van der Waals surface area contributed by atoms with E-state index in [1.807, 2.05) is 0 Å². The van der Waals surface area contributed by atoms with E-state index in [1.54, 1.807) is 6.07 Å². The van der Waals surface area contributed by atoms with E-state index in [-0.39, 0.29) is 22.8 Å². The highest BCUT2D eigenvalue weighted by Crippen LogP contribution is 2.17. The predicted molar refractivity (Wildman–Crippen MR) is 74.8 cm³/mol. The monoisotopic (exact) mass is 310 g/mol. The topological polar surface area (TPSA) is 127 Å². The summed E-state index contributed by atoms with van der Waals surface area (Å²) in [6.45, 7) is -0.0415. The zero-order valence-electron chi connectivity index (χ0n) is 11.2. The molecule has 1 heterocycles. The standard InChI is InChI=1S/C12H14N4O4S/c1-20-12(17)9-4-2-3-5-10(9)21(18,19)15-7-8-6-14-16-11(8)13/h2-6,15H,7H2,1H3,(H3,13,14,16). The molecule has 1 aromatic carbocycles. The van der Waals surface area contributed by atoms with Crippen molar-refractivity contribution < 1.29 is 17.9 Å². The van der Waals surface area contributed by atoms with Gasteiger partial charge in [0.25, 0.3) is 0 Å². The second-order valence-corrected chi connectivity index (χ2v) is 5.86. The largest absolute Gasteiger partial charge is 0.465 e. The van der Waals surface area contributed by atoms with Crippen molar-refractivity contribution in [3.8, 4) is 0 Å². The van der Waals surface area contributed by atoms with Crippen molar-refractivity contribution >= 4 is 21.8 Å². The molecule has 0 aliphatic heterocycles. The van der Waals surface area contributed by atoms with E-state index < -0.39 is 16.0 Å². The van der Waals surface area contributed by atoms with E-state index >= 15 is 0 Å². The van der Waals surface area contributed by atoms with Gasteiger partial charge in [-0.05, 0) is 12.1 Å². The molecule has 0 saturated heterocycles. The Morgan fingerprint density at radius 3 is 2.76 bits per heavy atom. The number of nitrogens with two attached hydrogens (primary N) is 1. The second kappa shape index (κ2) is 5.94. The number of H-pyrrole nitrogens is 1. The highest BCUT2D eigenvalue weighted by Gasteiger charge is 2.22. The molecule has 4 N–H and O–H groups in total. The van der Waals surface area contributed by atoms with Crippen LogP contribution in [-0.2, 0) is 21.3 Å². The highest BCUT2D eigenvalue weighted by atomic mass is 32.2. The molecule has 0 aliphatic carbocycles. The number of anilines is 1. The number of aromatic amines is 1. The van der Waals surface area contributed by atoms with Gasteiger partial charge in [0.15, 0.2) is 0 Å². The maximum atomic E-state index is 12.3. The Hall–Kier alpha value is -2.39. The van der Waals surface area contributed by atoms with Crippen molar-refractivity contribution in [2.75, 3.05) is 12.8 Å². The number of benzene rings is 1. The Morgan fingerprint density at radius 1 is 1.43 bits per heavy atom. The van der Waals surface area contributed by atoms with Gasteiger partial charge in [-0.15, -0.1) is 0 Å². The van der Waals surface area contributed by atoms with E-state index in [0.717, 1.165) is 0 Å². The summed E-state index contributed by atoms with van der Waals surface area (Å²) in [5.74, 6) is -0.447. The van der Waals surface area contributed by atoms with Crippen LogP contribution in [0.25, 0.3) is 0 Å². The first-order chi connectivity index (χ1) is 9.95. The normalized spacial score (nSPS) is 11.3. The van der Waals surface area contributed by atoms with E-state index in [2.05, 4.69) is 19.7 Å². The molecule has 0 unspecified atom stereocenters. The number of nitrogens with zero attached hydrogens (tertiary/aromatic N) is 1. The number of nitrogen functional groups attached to an aromatic ring is 1. The Bertz CT molecular complexity index is 754. The third-order valence-electron chi connectivity index (χ3n) is 2.79. The van der Waals surface area contributed by atoms with Crippen LogP contribution >= 0.6 is 0 Å². The Labute approximate surface area is 121 Å². The molecule has 21 heavy (non-hydrogen) atoms. The molecule has 0 radical (unpaired) electrons. The van der Waals surface area contributed by atoms with Crippen LogP contribution in [0.15, 0.2) is 35.4 Å². The molecule has 0 bridgehead atoms. The third-order valence-corrected chi connectivity index (χ3v) is 4.25. The molecule has 9 heteroatoms. The van der Waals surface area contributed by atoms with Crippen molar-refractivity contribution in [3.05, 3.63) is 41.6 Å². The van der Waals surface area contributed by atoms with Crippen molar-refractivity contribution in [1.82, 2.24) is 14.9 Å². The average Bonchev–Trinajstić information content (AvgIpc) is 2.90. The molecule has 2 rings (SSSR count). The Balaban J connectivity index is 2.28. The van der Waals surface area contributed by atoms with Gasteiger partial charge in [0.2, 0.25) is 10.0 Å². The molecular formula is C12H14N4O4S. The zero-order chi connectivity index (χ0) is 15.5. The van der Waals surface area contributed by atoms with Gasteiger partial charge >= 0.3 is 5.97 Å². The number of ether oxygens (including phenoxy) is 1. The summed E-state index contributed by atoms with van der Waals surface area (Å²) >= 11 is 0. The van der Waals surface area contributed by atoms with Crippen LogP contribution < -0.4 is 10.5 Å². The lowest BCUT2D eigenvalue weighted by molar-refractivity contribution is 0.0596. The smallest absolute Gasteiger partial charge is 0.339 e. The van der Waals surface area contributed by atoms with Gasteiger partial charge in [-0.25, -0.2) is 17.9 Å². The fourth-order valence-corrected chi connectivity index (χ4v) is 2.89. The van der Waals surface area contributed by atoms with Gasteiger partial charge in [0.1, 0.15) is 5.82 Å². The quantitative estimate of drug-likeness (QED) is 0.680. The second-order valence-electron chi connectivity index (χ2n) is 4.12. The fraction of sp³-hybridized carbons (Fsp3) is 0.167. The molecule has 112 valence electrons. The lowest BCUT2D eigenvalue weighted by Gasteiger charge is -2.09. The van der Waals surface area contributed by atoms with Crippen LogP contribution in [0.3, 0.4) is 0 Å². The number of sulfonamides is 1. The minimum Gasteiger partial charge on any atom is -0.465 e. The summed E-state index contributed by atoms with van der Waals surface area (Å²) in [7, 11) is -2.70. The van der Waals surface area contributed by atoms with Crippen molar-refractivity contribution in [3.63, 3.8) is 0 Å². The summed E-state index contributed by atoms with van der Waals surface area (Å²) in [6, 6.07) is 5.78. The van der Waals surface area contributed by atoms with Gasteiger partial charge in [-0.1, -0.05) is 12.1 Å². The molecule has 0 atom stereocenters. The van der Waals surface area contributed by atoms with Gasteiger partial charge < -0.3 is 10.5 Å². The number of methoxy groups -OCH3 is 1. The van der Waals surface area contributed by atoms with Crippen molar-refractivity contribution in [1.29, 1.82) is 0 Å². The van der Waals surface area contributed by atoms with Crippen molar-refractivity contribution in [2.24, 2.45) is 0 Å². The first-order valence-corrected chi connectivity index (χ1v) is 7.38. The van der Waals surface area contributed by atoms with Gasteiger partial charge in [0.05, 0.1) is 23.8 Å². The minimum absolute atomic E-state index is 0.0346. The lowest BCUT2D eigenvalue weighted by atomic mass is 10.2.